The van der Waals surface area contributed by atoms with Gasteiger partial charge in [-0.1, -0.05) is 12.1 Å². The molecule has 0 aliphatic carbocycles. The molecule has 0 saturated carbocycles. The fraction of sp³-hybridized carbons (Fsp3) is 0.333. The molecule has 0 fully saturated rings. The summed E-state index contributed by atoms with van der Waals surface area (Å²) < 4.78 is 24.5. The van der Waals surface area contributed by atoms with E-state index in [4.69, 9.17) is 0 Å². The smallest absolute Gasteiger partial charge is 0.235 e. The van der Waals surface area contributed by atoms with Gasteiger partial charge in [-0.15, -0.1) is 22.7 Å². The molecule has 25 heavy (non-hydrogen) atoms. The van der Waals surface area contributed by atoms with Crippen molar-refractivity contribution in [1.82, 2.24) is 14.9 Å². The van der Waals surface area contributed by atoms with Gasteiger partial charge < -0.3 is 10.6 Å². The first-order valence-electron chi connectivity index (χ1n) is 7.38. The number of hydrogen-bond acceptors (Lipinski definition) is 6. The summed E-state index contributed by atoms with van der Waals surface area (Å²) in [5, 5.41) is 9.08. The summed E-state index contributed by atoms with van der Waals surface area (Å²) in [5.41, 5.74) is 0. The van der Waals surface area contributed by atoms with Crippen LogP contribution in [-0.4, -0.2) is 43.9 Å². The molecule has 2 rings (SSSR count). The van der Waals surface area contributed by atoms with Crippen molar-refractivity contribution < 1.29 is 18.0 Å². The van der Waals surface area contributed by atoms with Crippen molar-refractivity contribution in [1.29, 1.82) is 0 Å². The number of hydrogen-bond donors (Lipinski definition) is 2. The summed E-state index contributed by atoms with van der Waals surface area (Å²) in [4.78, 5) is 25.9. The predicted molar refractivity (Wildman–Crippen MR) is 98.7 cm³/mol. The van der Waals surface area contributed by atoms with E-state index in [1.165, 1.54) is 22.7 Å². The lowest BCUT2D eigenvalue weighted by atomic mass is 10.4. The van der Waals surface area contributed by atoms with Gasteiger partial charge in [0.2, 0.25) is 21.8 Å². The molecule has 7 nitrogen and oxygen atoms in total. The van der Waals surface area contributed by atoms with E-state index >= 15 is 0 Å². The van der Waals surface area contributed by atoms with E-state index in [0.29, 0.717) is 13.1 Å². The maximum atomic E-state index is 12.0. The molecule has 0 saturated heterocycles. The van der Waals surface area contributed by atoms with E-state index in [1.54, 1.807) is 0 Å². The molecule has 0 unspecified atom stereocenters. The van der Waals surface area contributed by atoms with Crippen LogP contribution in [-0.2, 0) is 32.7 Å². The Morgan fingerprint density at radius 2 is 1.40 bits per heavy atom. The second-order valence-corrected chi connectivity index (χ2v) is 9.29. The number of nitrogens with zero attached hydrogens (tertiary/aromatic N) is 1. The second kappa shape index (κ2) is 9.09. The zero-order chi connectivity index (χ0) is 18.3. The molecule has 0 aliphatic heterocycles. The van der Waals surface area contributed by atoms with Gasteiger partial charge in [0.05, 0.1) is 32.4 Å². The Morgan fingerprint density at radius 1 is 0.960 bits per heavy atom. The molecule has 2 aromatic rings. The van der Waals surface area contributed by atoms with Gasteiger partial charge in [0, 0.05) is 9.75 Å². The van der Waals surface area contributed by atoms with E-state index in [1.807, 2.05) is 35.0 Å². The lowest BCUT2D eigenvalue weighted by molar-refractivity contribution is -0.123. The average molecular weight is 402 g/mol. The molecule has 136 valence electrons. The van der Waals surface area contributed by atoms with Gasteiger partial charge in [-0.25, -0.2) is 8.42 Å². The minimum absolute atomic E-state index is 0.332. The Kier molecular flexibility index (Phi) is 7.12. The van der Waals surface area contributed by atoms with Crippen LogP contribution in [0.3, 0.4) is 0 Å². The van der Waals surface area contributed by atoms with Gasteiger partial charge in [0.15, 0.2) is 0 Å². The molecule has 2 amide bonds. The first kappa shape index (κ1) is 19.6. The van der Waals surface area contributed by atoms with Crippen molar-refractivity contribution in [2.45, 2.75) is 13.1 Å². The van der Waals surface area contributed by atoms with Crippen LogP contribution < -0.4 is 10.6 Å². The molecular weight excluding hydrogens is 382 g/mol. The second-order valence-electron chi connectivity index (χ2n) is 5.24. The van der Waals surface area contributed by atoms with Crippen LogP contribution in [0.2, 0.25) is 0 Å². The van der Waals surface area contributed by atoms with Crippen LogP contribution in [0.4, 0.5) is 0 Å². The molecule has 2 aromatic heterocycles. The van der Waals surface area contributed by atoms with Gasteiger partial charge in [0.25, 0.3) is 0 Å². The van der Waals surface area contributed by atoms with Crippen LogP contribution in [0.15, 0.2) is 35.0 Å². The Morgan fingerprint density at radius 3 is 1.72 bits per heavy atom. The molecule has 2 heterocycles. The zero-order valence-electron chi connectivity index (χ0n) is 13.6. The molecule has 0 aliphatic rings. The van der Waals surface area contributed by atoms with Crippen molar-refractivity contribution in [3.05, 3.63) is 44.8 Å². The van der Waals surface area contributed by atoms with Crippen LogP contribution in [0.25, 0.3) is 0 Å². The largest absolute Gasteiger partial charge is 0.350 e. The Hall–Kier alpha value is -1.75. The number of carbonyl (C=O) groups is 2. The average Bonchev–Trinajstić information content (AvgIpc) is 3.23. The van der Waals surface area contributed by atoms with Gasteiger partial charge in [-0.05, 0) is 22.9 Å². The SMILES string of the molecule is CS(=O)(=O)N(CC(=O)NCc1cccs1)CC(=O)NCc1cccs1. The first-order valence-corrected chi connectivity index (χ1v) is 11.0. The number of carbonyl (C=O) groups excluding carboxylic acids is 2. The molecule has 10 heteroatoms. The molecule has 0 atom stereocenters. The van der Waals surface area contributed by atoms with E-state index < -0.39 is 34.9 Å². The lowest BCUT2D eigenvalue weighted by Crippen LogP contribution is -2.45. The third-order valence-corrected chi connectivity index (χ3v) is 6.14. The number of sulfonamides is 1. The Labute approximate surface area is 154 Å². The van der Waals surface area contributed by atoms with Gasteiger partial charge in [0.1, 0.15) is 0 Å². The normalized spacial score (nSPS) is 11.4. The number of nitrogens with one attached hydrogen (secondary N) is 2. The fourth-order valence-electron chi connectivity index (χ4n) is 1.92. The summed E-state index contributed by atoms with van der Waals surface area (Å²) in [6.07, 6.45) is 0.978. The lowest BCUT2D eigenvalue weighted by Gasteiger charge is -2.19. The monoisotopic (exact) mass is 401 g/mol. The predicted octanol–water partition coefficient (Wildman–Crippen LogP) is 1.00. The van der Waals surface area contributed by atoms with Crippen LogP contribution in [0.1, 0.15) is 9.75 Å². The van der Waals surface area contributed by atoms with Crippen molar-refractivity contribution >= 4 is 44.5 Å². The minimum atomic E-state index is -3.68. The molecule has 0 aromatic carbocycles. The number of rotatable bonds is 9. The van der Waals surface area contributed by atoms with Crippen molar-refractivity contribution in [2.75, 3.05) is 19.3 Å². The van der Waals surface area contributed by atoms with Crippen LogP contribution >= 0.6 is 22.7 Å². The van der Waals surface area contributed by atoms with E-state index in [2.05, 4.69) is 10.6 Å². The number of thiophene rings is 2. The first-order chi connectivity index (χ1) is 11.8. The highest BCUT2D eigenvalue weighted by Crippen LogP contribution is 2.08. The standard InChI is InChI=1S/C15H19N3O4S3/c1-25(21,22)18(10-14(19)16-8-12-4-2-6-23-12)11-15(20)17-9-13-5-3-7-24-13/h2-7H,8-11H2,1H3,(H,16,19)(H,17,20). The van der Waals surface area contributed by atoms with E-state index in [0.717, 1.165) is 20.3 Å². The summed E-state index contributed by atoms with van der Waals surface area (Å²) in [5.74, 6) is -0.908. The van der Waals surface area contributed by atoms with Gasteiger partial charge in [-0.3, -0.25) is 9.59 Å². The maximum absolute atomic E-state index is 12.0. The molecule has 0 radical (unpaired) electrons. The van der Waals surface area contributed by atoms with Crippen molar-refractivity contribution in [3.63, 3.8) is 0 Å². The topological polar surface area (TPSA) is 95.6 Å². The summed E-state index contributed by atoms with van der Waals surface area (Å²) in [6, 6.07) is 7.48. The van der Waals surface area contributed by atoms with E-state index in [9.17, 15) is 18.0 Å². The Bertz CT molecular complexity index is 734. The highest BCUT2D eigenvalue weighted by Gasteiger charge is 2.23. The van der Waals surface area contributed by atoms with E-state index in [-0.39, 0.29) is 0 Å². The third-order valence-electron chi connectivity index (χ3n) is 3.19. The zero-order valence-corrected chi connectivity index (χ0v) is 16.0. The summed E-state index contributed by atoms with van der Waals surface area (Å²) in [7, 11) is -3.68. The quantitative estimate of drug-likeness (QED) is 0.655. The molecule has 0 bridgehead atoms. The minimum Gasteiger partial charge on any atom is -0.350 e. The molecule has 2 N–H and O–H groups in total. The highest BCUT2D eigenvalue weighted by molar-refractivity contribution is 7.88. The van der Waals surface area contributed by atoms with Crippen molar-refractivity contribution in [2.24, 2.45) is 0 Å². The van der Waals surface area contributed by atoms with Crippen molar-refractivity contribution in [3.8, 4) is 0 Å². The number of amides is 2. The van der Waals surface area contributed by atoms with Gasteiger partial charge in [-0.2, -0.15) is 4.31 Å². The third kappa shape index (κ3) is 6.94. The molecular formula is C15H19N3O4S3. The maximum Gasteiger partial charge on any atom is 0.235 e. The molecule has 0 spiro atoms. The highest BCUT2D eigenvalue weighted by atomic mass is 32.2. The fourth-order valence-corrected chi connectivity index (χ4v) is 3.91. The van der Waals surface area contributed by atoms with Gasteiger partial charge >= 0.3 is 0 Å². The Balaban J connectivity index is 1.85. The summed E-state index contributed by atoms with van der Waals surface area (Å²) in [6.45, 7) is -0.120. The van der Waals surface area contributed by atoms with Crippen LogP contribution in [0, 0.1) is 0 Å². The van der Waals surface area contributed by atoms with Crippen LogP contribution in [0.5, 0.6) is 0 Å². The summed E-state index contributed by atoms with van der Waals surface area (Å²) >= 11 is 2.99.